The van der Waals surface area contributed by atoms with E-state index in [2.05, 4.69) is 15.9 Å². The van der Waals surface area contributed by atoms with Crippen LogP contribution >= 0.6 is 15.9 Å². The van der Waals surface area contributed by atoms with Crippen LogP contribution in [0.15, 0.2) is 16.6 Å². The zero-order valence-electron chi connectivity index (χ0n) is 9.66. The summed E-state index contributed by atoms with van der Waals surface area (Å²) in [7, 11) is 0. The zero-order chi connectivity index (χ0) is 13.0. The van der Waals surface area contributed by atoms with E-state index in [-0.39, 0.29) is 0 Å². The number of nitriles is 1. The van der Waals surface area contributed by atoms with E-state index < -0.39 is 12.1 Å². The van der Waals surface area contributed by atoms with E-state index in [1.165, 1.54) is 0 Å². The molecule has 1 aromatic carbocycles. The molecule has 17 heavy (non-hydrogen) atoms. The van der Waals surface area contributed by atoms with Gasteiger partial charge in [-0.15, -0.1) is 0 Å². The molecular formula is C12H13BrN2O2. The number of halogens is 1. The van der Waals surface area contributed by atoms with Gasteiger partial charge >= 0.3 is 5.97 Å². The number of esters is 1. The molecule has 0 spiro atoms. The SMILES string of the molecule is CCC(C#N)OC(=O)c1cc(Br)cc(N)c1C. The molecule has 5 heteroatoms. The van der Waals surface area contributed by atoms with Crippen LogP contribution in [0.2, 0.25) is 0 Å². The minimum Gasteiger partial charge on any atom is -0.443 e. The third-order valence-corrected chi connectivity index (χ3v) is 2.85. The number of nitrogens with two attached hydrogens (primary N) is 1. The summed E-state index contributed by atoms with van der Waals surface area (Å²) in [5, 5.41) is 8.74. The van der Waals surface area contributed by atoms with Crippen LogP contribution in [0, 0.1) is 18.3 Å². The summed E-state index contributed by atoms with van der Waals surface area (Å²) in [6.45, 7) is 3.52. The molecule has 0 aliphatic carbocycles. The summed E-state index contributed by atoms with van der Waals surface area (Å²) in [6, 6.07) is 5.27. The molecule has 0 radical (unpaired) electrons. The number of benzene rings is 1. The number of nitrogens with zero attached hydrogens (tertiary/aromatic N) is 1. The van der Waals surface area contributed by atoms with Crippen LogP contribution < -0.4 is 5.73 Å². The second-order valence-corrected chi connectivity index (χ2v) is 4.51. The molecule has 0 saturated heterocycles. The van der Waals surface area contributed by atoms with Crippen molar-refractivity contribution in [3.63, 3.8) is 0 Å². The quantitative estimate of drug-likeness (QED) is 0.687. The fraction of sp³-hybridized carbons (Fsp3) is 0.333. The second-order valence-electron chi connectivity index (χ2n) is 3.60. The average Bonchev–Trinajstić information content (AvgIpc) is 2.30. The summed E-state index contributed by atoms with van der Waals surface area (Å²) in [4.78, 5) is 11.8. The van der Waals surface area contributed by atoms with Crippen molar-refractivity contribution in [2.24, 2.45) is 0 Å². The molecule has 0 heterocycles. The first-order valence-electron chi connectivity index (χ1n) is 5.15. The van der Waals surface area contributed by atoms with Gasteiger partial charge < -0.3 is 10.5 Å². The maximum absolute atomic E-state index is 11.8. The van der Waals surface area contributed by atoms with Gasteiger partial charge in [0.2, 0.25) is 0 Å². The van der Waals surface area contributed by atoms with Crippen LogP contribution in [-0.2, 0) is 4.74 Å². The van der Waals surface area contributed by atoms with Gasteiger partial charge in [-0.05, 0) is 31.0 Å². The van der Waals surface area contributed by atoms with Crippen LogP contribution in [0.1, 0.15) is 29.3 Å². The second kappa shape index (κ2) is 5.69. The highest BCUT2D eigenvalue weighted by molar-refractivity contribution is 9.10. The zero-order valence-corrected chi connectivity index (χ0v) is 11.2. The first-order chi connectivity index (χ1) is 7.99. The van der Waals surface area contributed by atoms with Crippen molar-refractivity contribution in [1.82, 2.24) is 0 Å². The lowest BCUT2D eigenvalue weighted by Crippen LogP contribution is -2.17. The maximum Gasteiger partial charge on any atom is 0.339 e. The summed E-state index contributed by atoms with van der Waals surface area (Å²) in [5.41, 5.74) is 7.30. The molecular weight excluding hydrogens is 284 g/mol. The minimum atomic E-state index is -0.720. The minimum absolute atomic E-state index is 0.380. The molecule has 1 unspecified atom stereocenters. The van der Waals surface area contributed by atoms with Crippen LogP contribution in [0.25, 0.3) is 0 Å². The van der Waals surface area contributed by atoms with Gasteiger partial charge in [0, 0.05) is 10.2 Å². The number of rotatable bonds is 3. The third-order valence-electron chi connectivity index (χ3n) is 2.40. The van der Waals surface area contributed by atoms with Gasteiger partial charge in [-0.25, -0.2) is 4.79 Å². The van der Waals surface area contributed by atoms with Crippen LogP contribution in [0.4, 0.5) is 5.69 Å². The molecule has 1 atom stereocenters. The first kappa shape index (κ1) is 13.5. The van der Waals surface area contributed by atoms with Crippen LogP contribution in [-0.4, -0.2) is 12.1 Å². The smallest absolute Gasteiger partial charge is 0.339 e. The van der Waals surface area contributed by atoms with Gasteiger partial charge in [0.05, 0.1) is 5.56 Å². The van der Waals surface area contributed by atoms with Gasteiger partial charge in [-0.2, -0.15) is 5.26 Å². The number of carbonyl (C=O) groups excluding carboxylic acids is 1. The highest BCUT2D eigenvalue weighted by Crippen LogP contribution is 2.23. The molecule has 0 aromatic heterocycles. The molecule has 1 rings (SSSR count). The Bertz CT molecular complexity index is 480. The number of anilines is 1. The fourth-order valence-electron chi connectivity index (χ4n) is 1.31. The molecule has 0 aliphatic rings. The van der Waals surface area contributed by atoms with E-state index in [0.29, 0.717) is 27.7 Å². The summed E-state index contributed by atoms with van der Waals surface area (Å²) >= 11 is 3.26. The lowest BCUT2D eigenvalue weighted by Gasteiger charge is -2.12. The van der Waals surface area contributed by atoms with E-state index in [0.717, 1.165) is 0 Å². The normalized spacial score (nSPS) is 11.6. The molecule has 0 saturated carbocycles. The highest BCUT2D eigenvalue weighted by atomic mass is 79.9. The third kappa shape index (κ3) is 3.21. The Morgan fingerprint density at radius 3 is 2.82 bits per heavy atom. The van der Waals surface area contributed by atoms with Crippen LogP contribution in [0.3, 0.4) is 0 Å². The molecule has 0 bridgehead atoms. The summed E-state index contributed by atoms with van der Waals surface area (Å²) in [5.74, 6) is -0.524. The predicted molar refractivity (Wildman–Crippen MR) is 68.4 cm³/mol. The maximum atomic E-state index is 11.8. The largest absolute Gasteiger partial charge is 0.443 e. The number of hydrogen-bond acceptors (Lipinski definition) is 4. The summed E-state index contributed by atoms with van der Waals surface area (Å²) in [6.07, 6.45) is -0.257. The Balaban J connectivity index is 3.01. The van der Waals surface area contributed by atoms with Crippen LogP contribution in [0.5, 0.6) is 0 Å². The van der Waals surface area contributed by atoms with Gasteiger partial charge in [-0.3, -0.25) is 0 Å². The van der Waals surface area contributed by atoms with E-state index in [1.54, 1.807) is 26.0 Å². The predicted octanol–water partition coefficient (Wildman–Crippen LogP) is 2.80. The first-order valence-corrected chi connectivity index (χ1v) is 5.95. The Morgan fingerprint density at radius 2 is 2.29 bits per heavy atom. The van der Waals surface area contributed by atoms with Gasteiger partial charge in [0.25, 0.3) is 0 Å². The van der Waals surface area contributed by atoms with Crippen molar-refractivity contribution in [2.75, 3.05) is 5.73 Å². The number of nitrogen functional groups attached to an aromatic ring is 1. The van der Waals surface area contributed by atoms with Crippen molar-refractivity contribution < 1.29 is 9.53 Å². The van der Waals surface area contributed by atoms with Crippen molar-refractivity contribution in [3.8, 4) is 6.07 Å². The van der Waals surface area contributed by atoms with Gasteiger partial charge in [-0.1, -0.05) is 22.9 Å². The molecule has 90 valence electrons. The van der Waals surface area contributed by atoms with Crippen molar-refractivity contribution >= 4 is 27.6 Å². The topological polar surface area (TPSA) is 76.1 Å². The Morgan fingerprint density at radius 1 is 1.65 bits per heavy atom. The van der Waals surface area contributed by atoms with Crippen molar-refractivity contribution in [1.29, 1.82) is 5.26 Å². The number of ether oxygens (including phenoxy) is 1. The number of hydrogen-bond donors (Lipinski definition) is 1. The molecule has 1 aromatic rings. The lowest BCUT2D eigenvalue weighted by atomic mass is 10.1. The molecule has 2 N–H and O–H groups in total. The highest BCUT2D eigenvalue weighted by Gasteiger charge is 2.17. The fourth-order valence-corrected chi connectivity index (χ4v) is 1.78. The standard InChI is InChI=1S/C12H13BrN2O2/c1-3-9(6-14)17-12(16)10-4-8(13)5-11(15)7(10)2/h4-5,9H,3,15H2,1-2H3. The number of carbonyl (C=O) groups is 1. The average molecular weight is 297 g/mol. The van der Waals surface area contributed by atoms with E-state index >= 15 is 0 Å². The van der Waals surface area contributed by atoms with Crippen molar-refractivity contribution in [2.45, 2.75) is 26.4 Å². The molecule has 0 amide bonds. The van der Waals surface area contributed by atoms with Gasteiger partial charge in [0.1, 0.15) is 6.07 Å². The van der Waals surface area contributed by atoms with Crippen molar-refractivity contribution in [3.05, 3.63) is 27.7 Å². The van der Waals surface area contributed by atoms with E-state index in [9.17, 15) is 4.79 Å². The Labute approximate surface area is 108 Å². The lowest BCUT2D eigenvalue weighted by molar-refractivity contribution is 0.0400. The molecule has 4 nitrogen and oxygen atoms in total. The Kier molecular flexibility index (Phi) is 4.53. The molecule has 0 aliphatic heterocycles. The van der Waals surface area contributed by atoms with E-state index in [4.69, 9.17) is 15.7 Å². The summed E-state index contributed by atoms with van der Waals surface area (Å²) < 4.78 is 5.76. The monoisotopic (exact) mass is 296 g/mol. The Hall–Kier alpha value is -1.54. The molecule has 0 fully saturated rings. The van der Waals surface area contributed by atoms with E-state index in [1.807, 2.05) is 6.07 Å². The van der Waals surface area contributed by atoms with Gasteiger partial charge in [0.15, 0.2) is 6.10 Å².